The van der Waals surface area contributed by atoms with Crippen molar-refractivity contribution in [2.24, 2.45) is 40.8 Å². The third kappa shape index (κ3) is 27.0. The number of primary amides is 1. The maximum atomic E-state index is 13.0. The standard InChI is InChI=1S/C32H52N6O5.C8H18N2O4.C4H10N2O.C2H6/c1-20(2)29(30(42)35-17-28(41)36-24-11-7-21(18-39)8-12-24)37-27(40)16-32(5,6)43-19-31(3,4)38(34)26-14-10-23-15-22(23)9-13-25(26)33;1-12-8(11)10-3-5-14-7-6-13-4-2-9;1-2-3-6-4(5)7;1-2/h7-8,11-12,20,22-23,29,39H,9-10,13-19,33-34H2,1-6H3,(H,35,42)(H,36,41)(H,37,40);2-7,9H2,1H3,(H,10,11);2-3H2,1H3,(H3,5,6,7);1-2H3/b26-25-;;;. The number of rotatable bonds is 24. The molecule has 20 nitrogen and oxygen atoms in total. The molecule has 1 fully saturated rings. The van der Waals surface area contributed by atoms with Crippen LogP contribution in [0.25, 0.3) is 0 Å². The molecule has 0 spiro atoms. The number of carbonyl (C=O) groups is 5. The third-order valence-corrected chi connectivity index (χ3v) is 10.3. The van der Waals surface area contributed by atoms with Gasteiger partial charge in [0, 0.05) is 36.7 Å². The fraction of sp³-hybridized carbons (Fsp3) is 0.717. The molecule has 0 saturated heterocycles. The number of nitrogens with zero attached hydrogens (tertiary/aromatic N) is 1. The predicted molar refractivity (Wildman–Crippen MR) is 257 cm³/mol. The number of nitrogens with one attached hydrogen (secondary N) is 5. The molecule has 0 bridgehead atoms. The van der Waals surface area contributed by atoms with E-state index in [4.69, 9.17) is 42.4 Å². The van der Waals surface area contributed by atoms with Crippen molar-refractivity contribution in [1.82, 2.24) is 26.3 Å². The lowest BCUT2D eigenvalue weighted by atomic mass is 9.97. The molecular weight excluding hydrogens is 853 g/mol. The van der Waals surface area contributed by atoms with Crippen LogP contribution in [0.3, 0.4) is 0 Å². The highest BCUT2D eigenvalue weighted by molar-refractivity contribution is 5.96. The molecule has 3 atom stereocenters. The van der Waals surface area contributed by atoms with Gasteiger partial charge in [-0.15, -0.1) is 0 Å². The molecule has 0 radical (unpaired) electrons. The van der Waals surface area contributed by atoms with Gasteiger partial charge < -0.3 is 72.8 Å². The molecule has 1 aromatic carbocycles. The molecule has 0 aromatic heterocycles. The van der Waals surface area contributed by atoms with Gasteiger partial charge in [-0.3, -0.25) is 14.4 Å². The molecule has 2 aliphatic carbocycles. The first kappa shape index (κ1) is 61.3. The number of carbonyl (C=O) groups excluding carboxylic acids is 5. The van der Waals surface area contributed by atoms with Crippen molar-refractivity contribution < 1.29 is 48.0 Å². The van der Waals surface area contributed by atoms with Crippen LogP contribution in [-0.2, 0) is 39.9 Å². The number of hydrogen-bond donors (Lipinski definition) is 10. The van der Waals surface area contributed by atoms with Gasteiger partial charge in [0.1, 0.15) is 6.04 Å². The Morgan fingerprint density at radius 1 is 0.879 bits per heavy atom. The number of nitrogens with two attached hydrogens (primary N) is 4. The average molecular weight is 939 g/mol. The van der Waals surface area contributed by atoms with E-state index in [-0.39, 0.29) is 38.0 Å². The number of anilines is 1. The number of aliphatic hydroxyl groups is 1. The molecule has 0 heterocycles. The highest BCUT2D eigenvalue weighted by Gasteiger charge is 2.39. The van der Waals surface area contributed by atoms with Crippen molar-refractivity contribution in [2.45, 2.75) is 131 Å². The van der Waals surface area contributed by atoms with Crippen LogP contribution in [0, 0.1) is 17.8 Å². The summed E-state index contributed by atoms with van der Waals surface area (Å²) in [5.41, 5.74) is 18.1. The lowest BCUT2D eigenvalue weighted by Crippen LogP contribution is -2.54. The molecule has 6 amide bonds. The van der Waals surface area contributed by atoms with Crippen LogP contribution in [0.15, 0.2) is 35.7 Å². The molecule has 3 unspecified atom stereocenters. The molecule has 1 saturated carbocycles. The van der Waals surface area contributed by atoms with Crippen molar-refractivity contribution in [3.63, 3.8) is 0 Å². The summed E-state index contributed by atoms with van der Waals surface area (Å²) in [5.74, 6) is 6.83. The number of methoxy groups -OCH3 is 1. The van der Waals surface area contributed by atoms with Gasteiger partial charge in [0.25, 0.3) is 0 Å². The third-order valence-electron chi connectivity index (χ3n) is 10.3. The van der Waals surface area contributed by atoms with Crippen LogP contribution in [0.5, 0.6) is 0 Å². The number of allylic oxidation sites excluding steroid dienone is 2. The van der Waals surface area contributed by atoms with Crippen LogP contribution < -0.4 is 49.6 Å². The van der Waals surface area contributed by atoms with Crippen LogP contribution in [0.2, 0.25) is 0 Å². The number of alkyl carbamates (subject to hydrolysis) is 1. The smallest absolute Gasteiger partial charge is 0.406 e. The Hall–Kier alpha value is -4.73. The molecular formula is C46H86N10O10. The Labute approximate surface area is 393 Å². The molecule has 1 aromatic rings. The van der Waals surface area contributed by atoms with Crippen molar-refractivity contribution in [1.29, 1.82) is 0 Å². The minimum atomic E-state index is -0.826. The zero-order chi connectivity index (χ0) is 50.3. The maximum Gasteiger partial charge on any atom is 0.406 e. The van der Waals surface area contributed by atoms with Gasteiger partial charge in [0.15, 0.2) is 0 Å². The Morgan fingerprint density at radius 3 is 2.02 bits per heavy atom. The zero-order valence-electron chi connectivity index (χ0n) is 41.5. The summed E-state index contributed by atoms with van der Waals surface area (Å²) in [5, 5.41) is 23.9. The molecule has 20 heteroatoms. The van der Waals surface area contributed by atoms with Crippen LogP contribution >= 0.6 is 0 Å². The maximum absolute atomic E-state index is 13.0. The van der Waals surface area contributed by atoms with E-state index in [1.807, 2.05) is 62.3 Å². The summed E-state index contributed by atoms with van der Waals surface area (Å²) in [4.78, 5) is 58.7. The fourth-order valence-electron chi connectivity index (χ4n) is 6.39. The topological polar surface area (TPSA) is 310 Å². The molecule has 3 rings (SSSR count). The minimum absolute atomic E-state index is 0.0301. The highest BCUT2D eigenvalue weighted by Crippen LogP contribution is 2.48. The van der Waals surface area contributed by atoms with Gasteiger partial charge in [-0.05, 0) is 102 Å². The second kappa shape index (κ2) is 33.7. The number of urea groups is 1. The lowest BCUT2D eigenvalue weighted by Gasteiger charge is -2.41. The predicted octanol–water partition coefficient (Wildman–Crippen LogP) is 3.32. The van der Waals surface area contributed by atoms with E-state index in [9.17, 15) is 24.0 Å². The van der Waals surface area contributed by atoms with Gasteiger partial charge >= 0.3 is 12.1 Å². The monoisotopic (exact) mass is 939 g/mol. The summed E-state index contributed by atoms with van der Waals surface area (Å²) in [7, 11) is 1.32. The number of amides is 6. The Kier molecular flexibility index (Phi) is 31.3. The number of benzene rings is 1. The molecule has 380 valence electrons. The van der Waals surface area contributed by atoms with Crippen LogP contribution in [0.1, 0.15) is 113 Å². The average Bonchev–Trinajstić information content (AvgIpc) is 4.03. The lowest BCUT2D eigenvalue weighted by molar-refractivity contribution is -0.135. The van der Waals surface area contributed by atoms with E-state index in [2.05, 4.69) is 31.3 Å². The van der Waals surface area contributed by atoms with Gasteiger partial charge in [-0.2, -0.15) is 0 Å². The number of ether oxygens (including phenoxy) is 4. The zero-order valence-corrected chi connectivity index (χ0v) is 41.5. The number of hydrogen-bond acceptors (Lipinski definition) is 14. The SMILES string of the molecule is CC.CC(C)C(NC(=O)CC(C)(C)OCC(C)(C)N(N)/C1=C(\N)CCC2CC2CC1)C(=O)NCC(=O)Nc1ccc(CO)cc1.CCCNC(N)=O.COC(=O)NCCOCCOCCN. The van der Waals surface area contributed by atoms with Gasteiger partial charge in [0.05, 0.1) is 70.9 Å². The molecule has 14 N–H and O–H groups in total. The quantitative estimate of drug-likeness (QED) is 0.0404. The van der Waals surface area contributed by atoms with Gasteiger partial charge in [-0.1, -0.05) is 46.8 Å². The van der Waals surface area contributed by atoms with Crippen molar-refractivity contribution in [3.05, 3.63) is 41.2 Å². The summed E-state index contributed by atoms with van der Waals surface area (Å²) in [6.45, 7) is 20.9. The first-order valence-corrected chi connectivity index (χ1v) is 23.1. The van der Waals surface area contributed by atoms with Gasteiger partial charge in [-0.25, -0.2) is 15.4 Å². The van der Waals surface area contributed by atoms with Crippen molar-refractivity contribution in [2.75, 3.05) is 71.6 Å². The van der Waals surface area contributed by atoms with E-state index in [1.54, 1.807) is 29.3 Å². The number of fused-ring (bicyclic) bond motifs is 1. The highest BCUT2D eigenvalue weighted by atomic mass is 16.5. The first-order valence-electron chi connectivity index (χ1n) is 23.1. The summed E-state index contributed by atoms with van der Waals surface area (Å²) in [6, 6.07) is 5.48. The summed E-state index contributed by atoms with van der Waals surface area (Å²) >= 11 is 0. The fourth-order valence-corrected chi connectivity index (χ4v) is 6.39. The summed E-state index contributed by atoms with van der Waals surface area (Å²) in [6.07, 6.45) is 5.75. The number of hydrazine groups is 1. The minimum Gasteiger partial charge on any atom is -0.453 e. The van der Waals surface area contributed by atoms with Gasteiger partial charge in [0.2, 0.25) is 17.7 Å². The molecule has 66 heavy (non-hydrogen) atoms. The van der Waals surface area contributed by atoms with E-state index < -0.39 is 41.1 Å². The van der Waals surface area contributed by atoms with E-state index in [0.29, 0.717) is 51.7 Å². The largest absolute Gasteiger partial charge is 0.453 e. The Morgan fingerprint density at radius 2 is 1.48 bits per heavy atom. The first-order chi connectivity index (χ1) is 31.2. The van der Waals surface area contributed by atoms with Crippen LogP contribution in [-0.4, -0.2) is 123 Å². The normalized spacial score (nSPS) is 16.9. The van der Waals surface area contributed by atoms with Crippen molar-refractivity contribution >= 4 is 35.5 Å². The Bertz CT molecular complexity index is 1590. The number of aliphatic hydroxyl groups excluding tert-OH is 1. The van der Waals surface area contributed by atoms with Crippen molar-refractivity contribution in [3.8, 4) is 0 Å². The molecule has 0 aliphatic heterocycles. The van der Waals surface area contributed by atoms with Crippen LogP contribution in [0.4, 0.5) is 15.3 Å². The van der Waals surface area contributed by atoms with E-state index in [1.165, 1.54) is 13.5 Å². The second-order valence-corrected chi connectivity index (χ2v) is 17.3. The second-order valence-electron chi connectivity index (χ2n) is 17.3. The Balaban J connectivity index is 0.00000151. The summed E-state index contributed by atoms with van der Waals surface area (Å²) < 4.78 is 20.8. The van der Waals surface area contributed by atoms with E-state index in [0.717, 1.165) is 60.9 Å². The molecule has 2 aliphatic rings. The van der Waals surface area contributed by atoms with E-state index >= 15 is 0 Å².